The largest absolute Gasteiger partial charge is 0.457 e. The van der Waals surface area contributed by atoms with Crippen LogP contribution >= 0.6 is 12.4 Å². The van der Waals surface area contributed by atoms with E-state index in [9.17, 15) is 8.42 Å². The maximum absolute atomic E-state index is 12.8. The van der Waals surface area contributed by atoms with Gasteiger partial charge in [0.05, 0.1) is 4.90 Å². The lowest BCUT2D eigenvalue weighted by molar-refractivity contribution is 0.298. The van der Waals surface area contributed by atoms with Gasteiger partial charge in [0.1, 0.15) is 11.5 Å². The molecular weight excluding hydrogens is 372 g/mol. The fraction of sp³-hybridized carbons (Fsp3) is 0.368. The molecule has 5 nitrogen and oxygen atoms in total. The Morgan fingerprint density at radius 3 is 2.27 bits per heavy atom. The molecule has 1 N–H and O–H groups in total. The van der Waals surface area contributed by atoms with Gasteiger partial charge < -0.3 is 10.1 Å². The van der Waals surface area contributed by atoms with E-state index in [1.54, 1.807) is 28.6 Å². The van der Waals surface area contributed by atoms with Crippen molar-refractivity contribution in [2.24, 2.45) is 0 Å². The summed E-state index contributed by atoms with van der Waals surface area (Å²) in [5, 5.41) is 3.21. The molecule has 0 unspecified atom stereocenters. The van der Waals surface area contributed by atoms with Gasteiger partial charge in [0.25, 0.3) is 0 Å². The van der Waals surface area contributed by atoms with Crippen LogP contribution in [-0.2, 0) is 10.0 Å². The van der Waals surface area contributed by atoms with Crippen molar-refractivity contribution in [2.45, 2.75) is 30.7 Å². The first-order valence-corrected chi connectivity index (χ1v) is 9.95. The van der Waals surface area contributed by atoms with Gasteiger partial charge in [-0.1, -0.05) is 12.1 Å². The van der Waals surface area contributed by atoms with Crippen LogP contribution in [0.5, 0.6) is 11.5 Å². The van der Waals surface area contributed by atoms with Gasteiger partial charge in [-0.05, 0) is 68.8 Å². The third kappa shape index (κ3) is 4.76. The fourth-order valence-electron chi connectivity index (χ4n) is 3.03. The van der Waals surface area contributed by atoms with E-state index >= 15 is 0 Å². The van der Waals surface area contributed by atoms with Crippen molar-refractivity contribution < 1.29 is 13.2 Å². The third-order valence-corrected chi connectivity index (χ3v) is 6.46. The topological polar surface area (TPSA) is 58.6 Å². The second kappa shape index (κ2) is 8.86. The molecule has 0 spiro atoms. The summed E-state index contributed by atoms with van der Waals surface area (Å²) < 4.78 is 32.9. The first-order valence-electron chi connectivity index (χ1n) is 8.51. The summed E-state index contributed by atoms with van der Waals surface area (Å²) in [6.07, 6.45) is 1.68. The molecule has 26 heavy (non-hydrogen) atoms. The number of nitrogens with one attached hydrogen (secondary N) is 1. The first-order chi connectivity index (χ1) is 12.0. The Balaban J connectivity index is 0.00000243. The first kappa shape index (κ1) is 20.7. The molecule has 0 radical (unpaired) electrons. The molecule has 0 atom stereocenters. The van der Waals surface area contributed by atoms with Crippen LogP contribution in [0.2, 0.25) is 0 Å². The highest BCUT2D eigenvalue weighted by molar-refractivity contribution is 7.89. The molecular formula is C19H25ClN2O3S. The molecule has 0 saturated carbocycles. The zero-order chi connectivity index (χ0) is 17.9. The minimum Gasteiger partial charge on any atom is -0.457 e. The van der Waals surface area contributed by atoms with E-state index in [-0.39, 0.29) is 12.4 Å². The monoisotopic (exact) mass is 396 g/mol. The van der Waals surface area contributed by atoms with E-state index in [1.807, 2.05) is 38.2 Å². The number of piperidine rings is 1. The number of sulfonamides is 1. The second-order valence-electron chi connectivity index (χ2n) is 6.36. The normalized spacial score (nSPS) is 16.1. The maximum atomic E-state index is 12.8. The molecule has 1 aliphatic heterocycles. The second-order valence-corrected chi connectivity index (χ2v) is 8.29. The Labute approximate surface area is 161 Å². The van der Waals surface area contributed by atoms with Crippen LogP contribution in [0.4, 0.5) is 0 Å². The summed E-state index contributed by atoms with van der Waals surface area (Å²) >= 11 is 0. The van der Waals surface area contributed by atoms with Gasteiger partial charge in [-0.15, -0.1) is 12.4 Å². The molecule has 0 aromatic heterocycles. The van der Waals surface area contributed by atoms with Gasteiger partial charge >= 0.3 is 0 Å². The van der Waals surface area contributed by atoms with Crippen LogP contribution in [0.3, 0.4) is 0 Å². The number of hydrogen-bond acceptors (Lipinski definition) is 4. The van der Waals surface area contributed by atoms with Crippen molar-refractivity contribution in [3.63, 3.8) is 0 Å². The van der Waals surface area contributed by atoms with Crippen LogP contribution in [0.1, 0.15) is 18.4 Å². The molecule has 1 fully saturated rings. The molecule has 2 aromatic carbocycles. The molecule has 7 heteroatoms. The number of nitrogens with zero attached hydrogens (tertiary/aromatic N) is 1. The number of benzene rings is 2. The number of halogens is 1. The van der Waals surface area contributed by atoms with E-state index in [4.69, 9.17) is 4.74 Å². The minimum absolute atomic E-state index is 0. The number of aryl methyl sites for hydroxylation is 1. The van der Waals surface area contributed by atoms with Crippen molar-refractivity contribution in [2.75, 3.05) is 20.1 Å². The van der Waals surface area contributed by atoms with Crippen molar-refractivity contribution in [1.29, 1.82) is 0 Å². The van der Waals surface area contributed by atoms with Gasteiger partial charge in [0.2, 0.25) is 10.0 Å². The molecule has 1 aliphatic rings. The van der Waals surface area contributed by atoms with Crippen molar-refractivity contribution in [1.82, 2.24) is 9.62 Å². The molecule has 142 valence electrons. The van der Waals surface area contributed by atoms with Crippen LogP contribution in [0.15, 0.2) is 53.4 Å². The highest BCUT2D eigenvalue weighted by Gasteiger charge is 2.28. The number of hydrogen-bond donors (Lipinski definition) is 1. The van der Waals surface area contributed by atoms with Gasteiger partial charge in [-0.25, -0.2) is 8.42 Å². The van der Waals surface area contributed by atoms with Crippen molar-refractivity contribution >= 4 is 22.4 Å². The van der Waals surface area contributed by atoms with Gasteiger partial charge in [-0.2, -0.15) is 4.31 Å². The highest BCUT2D eigenvalue weighted by atomic mass is 35.5. The zero-order valence-electron chi connectivity index (χ0n) is 15.0. The molecule has 2 aromatic rings. The summed E-state index contributed by atoms with van der Waals surface area (Å²) in [5.41, 5.74) is 1.11. The average molecular weight is 397 g/mol. The lowest BCUT2D eigenvalue weighted by Crippen LogP contribution is -2.43. The third-order valence-electron chi connectivity index (χ3n) is 4.55. The summed E-state index contributed by atoms with van der Waals surface area (Å²) in [4.78, 5) is 0.312. The molecule has 0 amide bonds. The average Bonchev–Trinajstić information content (AvgIpc) is 2.62. The van der Waals surface area contributed by atoms with Crippen molar-refractivity contribution in [3.8, 4) is 11.5 Å². The lowest BCUT2D eigenvalue weighted by Gasteiger charge is -2.31. The maximum Gasteiger partial charge on any atom is 0.243 e. The summed E-state index contributed by atoms with van der Waals surface area (Å²) in [7, 11) is -1.52. The lowest BCUT2D eigenvalue weighted by atomic mass is 10.1. The van der Waals surface area contributed by atoms with Crippen LogP contribution in [0.25, 0.3) is 0 Å². The van der Waals surface area contributed by atoms with Crippen LogP contribution in [-0.4, -0.2) is 38.9 Å². The van der Waals surface area contributed by atoms with Crippen LogP contribution < -0.4 is 10.1 Å². The number of ether oxygens (including phenoxy) is 1. The Kier molecular flexibility index (Phi) is 7.06. The molecule has 3 rings (SSSR count). The summed E-state index contributed by atoms with van der Waals surface area (Å²) in [6, 6.07) is 14.8. The Morgan fingerprint density at radius 1 is 1.04 bits per heavy atom. The van der Waals surface area contributed by atoms with Gasteiger partial charge in [0, 0.05) is 19.1 Å². The molecule has 1 heterocycles. The Morgan fingerprint density at radius 2 is 1.69 bits per heavy atom. The Hall–Kier alpha value is -1.60. The summed E-state index contributed by atoms with van der Waals surface area (Å²) in [6.45, 7) is 3.10. The predicted molar refractivity (Wildman–Crippen MR) is 106 cm³/mol. The quantitative estimate of drug-likeness (QED) is 0.839. The molecule has 0 bridgehead atoms. The summed E-state index contributed by atoms with van der Waals surface area (Å²) in [5.74, 6) is 1.36. The van der Waals surface area contributed by atoms with E-state index in [0.717, 1.165) is 24.2 Å². The molecule has 0 aliphatic carbocycles. The SMILES string of the molecule is CNC1CCN(S(=O)(=O)c2ccc(Oc3cccc(C)c3)cc2)CC1.Cl. The van der Waals surface area contributed by atoms with Gasteiger partial charge in [-0.3, -0.25) is 0 Å². The smallest absolute Gasteiger partial charge is 0.243 e. The minimum atomic E-state index is -3.44. The Bertz CT molecular complexity index is 817. The fourth-order valence-corrected chi connectivity index (χ4v) is 4.50. The van der Waals surface area contributed by atoms with Crippen LogP contribution in [0, 0.1) is 6.92 Å². The predicted octanol–water partition coefficient (Wildman–Crippen LogP) is 3.58. The van der Waals surface area contributed by atoms with E-state index in [1.165, 1.54) is 0 Å². The zero-order valence-corrected chi connectivity index (χ0v) is 16.6. The van der Waals surface area contributed by atoms with E-state index < -0.39 is 10.0 Å². The van der Waals surface area contributed by atoms with Gasteiger partial charge in [0.15, 0.2) is 0 Å². The number of rotatable bonds is 5. The van der Waals surface area contributed by atoms with Crippen molar-refractivity contribution in [3.05, 3.63) is 54.1 Å². The molecule has 1 saturated heterocycles. The van der Waals surface area contributed by atoms with E-state index in [2.05, 4.69) is 5.32 Å². The van der Waals surface area contributed by atoms with E-state index in [0.29, 0.717) is 29.8 Å². The highest BCUT2D eigenvalue weighted by Crippen LogP contribution is 2.26. The standard InChI is InChI=1S/C19H24N2O3S.ClH/c1-15-4-3-5-18(14-15)24-17-6-8-19(9-7-17)25(22,23)21-12-10-16(20-2)11-13-21;/h3-9,14,16,20H,10-13H2,1-2H3;1H.